The number of hydrogen-bond donors (Lipinski definition) is 1. The van der Waals surface area contributed by atoms with Gasteiger partial charge in [-0.3, -0.25) is 4.79 Å². The van der Waals surface area contributed by atoms with E-state index in [9.17, 15) is 13.2 Å². The maximum Gasteiger partial charge on any atom is 0.255 e. The average molecular weight is 310 g/mol. The predicted octanol–water partition coefficient (Wildman–Crippen LogP) is 1.20. The van der Waals surface area contributed by atoms with E-state index >= 15 is 0 Å². The summed E-state index contributed by atoms with van der Waals surface area (Å²) in [6.45, 7) is 1.63. The van der Waals surface area contributed by atoms with Crippen molar-refractivity contribution in [3.63, 3.8) is 0 Å². The molecule has 0 radical (unpaired) electrons. The van der Waals surface area contributed by atoms with Crippen LogP contribution in [0.1, 0.15) is 17.3 Å². The SMILES string of the molecule is CC(CS(C)(=O)=O)NC(=O)c1ccoc1Br. The molecule has 1 heterocycles. The van der Waals surface area contributed by atoms with Crippen LogP contribution in [0.15, 0.2) is 21.4 Å². The molecule has 1 rings (SSSR count). The maximum atomic E-state index is 11.6. The van der Waals surface area contributed by atoms with Crippen molar-refractivity contribution in [3.05, 3.63) is 22.6 Å². The molecule has 0 fully saturated rings. The second-order valence-electron chi connectivity index (χ2n) is 3.57. The Hall–Kier alpha value is -0.820. The highest BCUT2D eigenvalue weighted by atomic mass is 79.9. The Morgan fingerprint density at radius 3 is 2.69 bits per heavy atom. The third-order valence-corrected chi connectivity index (χ3v) is 3.51. The molecular weight excluding hydrogens is 298 g/mol. The van der Waals surface area contributed by atoms with E-state index in [2.05, 4.69) is 21.2 Å². The van der Waals surface area contributed by atoms with Crippen molar-refractivity contribution in [2.24, 2.45) is 0 Å². The van der Waals surface area contributed by atoms with Gasteiger partial charge in [0.15, 0.2) is 4.67 Å². The molecule has 1 unspecified atom stereocenters. The number of carbonyl (C=O) groups excluding carboxylic acids is 1. The normalized spacial score (nSPS) is 13.4. The van der Waals surface area contributed by atoms with Gasteiger partial charge in [-0.05, 0) is 28.9 Å². The summed E-state index contributed by atoms with van der Waals surface area (Å²) in [6.07, 6.45) is 2.50. The van der Waals surface area contributed by atoms with E-state index in [1.54, 1.807) is 6.92 Å². The van der Waals surface area contributed by atoms with Crippen LogP contribution >= 0.6 is 15.9 Å². The minimum Gasteiger partial charge on any atom is -0.457 e. The fourth-order valence-electron chi connectivity index (χ4n) is 1.25. The van der Waals surface area contributed by atoms with Gasteiger partial charge in [-0.15, -0.1) is 0 Å². The summed E-state index contributed by atoms with van der Waals surface area (Å²) in [5.41, 5.74) is 0.348. The van der Waals surface area contributed by atoms with E-state index in [1.807, 2.05) is 0 Å². The highest BCUT2D eigenvalue weighted by Crippen LogP contribution is 2.17. The van der Waals surface area contributed by atoms with Crippen LogP contribution in [-0.2, 0) is 9.84 Å². The van der Waals surface area contributed by atoms with Crippen molar-refractivity contribution in [1.82, 2.24) is 5.32 Å². The molecule has 0 aromatic carbocycles. The Kier molecular flexibility index (Phi) is 4.15. The molecule has 0 spiro atoms. The summed E-state index contributed by atoms with van der Waals surface area (Å²) in [6, 6.07) is 1.07. The number of rotatable bonds is 4. The Balaban J connectivity index is 2.63. The number of sulfone groups is 1. The smallest absolute Gasteiger partial charge is 0.255 e. The summed E-state index contributed by atoms with van der Waals surface area (Å²) in [4.78, 5) is 11.6. The van der Waals surface area contributed by atoms with Crippen LogP contribution in [0.4, 0.5) is 0 Å². The molecule has 0 bridgehead atoms. The summed E-state index contributed by atoms with van der Waals surface area (Å²) in [5, 5.41) is 2.57. The molecule has 16 heavy (non-hydrogen) atoms. The molecule has 1 atom stereocenters. The Morgan fingerprint density at radius 1 is 1.62 bits per heavy atom. The highest BCUT2D eigenvalue weighted by Gasteiger charge is 2.17. The summed E-state index contributed by atoms with van der Waals surface area (Å²) >= 11 is 3.07. The lowest BCUT2D eigenvalue weighted by molar-refractivity contribution is 0.0942. The molecule has 1 aromatic rings. The molecule has 5 nitrogen and oxygen atoms in total. The van der Waals surface area contributed by atoms with Crippen LogP contribution in [-0.4, -0.2) is 32.4 Å². The molecular formula is C9H12BrNO4S. The molecule has 0 aliphatic carbocycles. The largest absolute Gasteiger partial charge is 0.457 e. The average Bonchev–Trinajstić information content (AvgIpc) is 2.47. The van der Waals surface area contributed by atoms with E-state index in [0.29, 0.717) is 10.2 Å². The van der Waals surface area contributed by atoms with Crippen LogP contribution in [0.25, 0.3) is 0 Å². The van der Waals surface area contributed by atoms with Gasteiger partial charge in [-0.1, -0.05) is 0 Å². The molecule has 1 amide bonds. The fraction of sp³-hybridized carbons (Fsp3) is 0.444. The van der Waals surface area contributed by atoms with Crippen molar-refractivity contribution >= 4 is 31.7 Å². The standard InChI is InChI=1S/C9H12BrNO4S/c1-6(5-16(2,13)14)11-9(12)7-3-4-15-8(7)10/h3-4,6H,5H2,1-2H3,(H,11,12). The van der Waals surface area contributed by atoms with Gasteiger partial charge in [-0.2, -0.15) is 0 Å². The van der Waals surface area contributed by atoms with Gasteiger partial charge in [0, 0.05) is 12.3 Å². The van der Waals surface area contributed by atoms with Crippen LogP contribution in [0.5, 0.6) is 0 Å². The lowest BCUT2D eigenvalue weighted by Crippen LogP contribution is -2.37. The van der Waals surface area contributed by atoms with Crippen molar-refractivity contribution in [2.45, 2.75) is 13.0 Å². The van der Waals surface area contributed by atoms with E-state index < -0.39 is 15.9 Å². The topological polar surface area (TPSA) is 76.4 Å². The molecule has 0 aliphatic rings. The fourth-order valence-corrected chi connectivity index (χ4v) is 2.66. The number of furan rings is 1. The molecule has 7 heteroatoms. The number of nitrogens with one attached hydrogen (secondary N) is 1. The van der Waals surface area contributed by atoms with Crippen LogP contribution < -0.4 is 5.32 Å². The van der Waals surface area contributed by atoms with Crippen molar-refractivity contribution < 1.29 is 17.6 Å². The molecule has 0 aliphatic heterocycles. The zero-order valence-electron chi connectivity index (χ0n) is 8.86. The second-order valence-corrected chi connectivity index (χ2v) is 6.48. The third-order valence-electron chi connectivity index (χ3n) is 1.79. The molecule has 90 valence electrons. The van der Waals surface area contributed by atoms with Gasteiger partial charge in [0.05, 0.1) is 17.6 Å². The quantitative estimate of drug-likeness (QED) is 0.907. The number of carbonyl (C=O) groups is 1. The van der Waals surface area contributed by atoms with Gasteiger partial charge in [0.2, 0.25) is 0 Å². The van der Waals surface area contributed by atoms with E-state index in [0.717, 1.165) is 6.26 Å². The minimum atomic E-state index is -3.10. The Morgan fingerprint density at radius 2 is 2.25 bits per heavy atom. The lowest BCUT2D eigenvalue weighted by Gasteiger charge is -2.11. The molecule has 1 N–H and O–H groups in total. The van der Waals surface area contributed by atoms with Gasteiger partial charge in [0.25, 0.3) is 5.91 Å². The van der Waals surface area contributed by atoms with Crippen molar-refractivity contribution in [1.29, 1.82) is 0 Å². The van der Waals surface area contributed by atoms with Gasteiger partial charge in [0.1, 0.15) is 9.84 Å². The van der Waals surface area contributed by atoms with Gasteiger partial charge >= 0.3 is 0 Å². The monoisotopic (exact) mass is 309 g/mol. The van der Waals surface area contributed by atoms with Crippen molar-refractivity contribution in [2.75, 3.05) is 12.0 Å². The first-order chi connectivity index (χ1) is 7.29. The van der Waals surface area contributed by atoms with E-state index in [4.69, 9.17) is 4.42 Å². The van der Waals surface area contributed by atoms with Crippen molar-refractivity contribution in [3.8, 4) is 0 Å². The van der Waals surface area contributed by atoms with Crippen LogP contribution in [0, 0.1) is 0 Å². The number of hydrogen-bond acceptors (Lipinski definition) is 4. The minimum absolute atomic E-state index is 0.0891. The summed E-state index contributed by atoms with van der Waals surface area (Å²) in [7, 11) is -3.10. The number of halogens is 1. The molecule has 1 aromatic heterocycles. The molecule has 0 saturated heterocycles. The maximum absolute atomic E-state index is 11.6. The predicted molar refractivity (Wildman–Crippen MR) is 63.0 cm³/mol. The third kappa shape index (κ3) is 3.97. The first-order valence-electron chi connectivity index (χ1n) is 4.51. The lowest BCUT2D eigenvalue weighted by atomic mass is 10.3. The van der Waals surface area contributed by atoms with Crippen LogP contribution in [0.3, 0.4) is 0 Å². The summed E-state index contributed by atoms with van der Waals surface area (Å²) < 4.78 is 27.2. The molecule has 0 saturated carbocycles. The van der Waals surface area contributed by atoms with Crippen LogP contribution in [0.2, 0.25) is 0 Å². The Labute approximate surface area is 102 Å². The highest BCUT2D eigenvalue weighted by molar-refractivity contribution is 9.10. The summed E-state index contributed by atoms with van der Waals surface area (Å²) in [5.74, 6) is -0.453. The first kappa shape index (κ1) is 13.2. The zero-order valence-corrected chi connectivity index (χ0v) is 11.3. The second kappa shape index (κ2) is 5.01. The zero-order chi connectivity index (χ0) is 12.3. The number of amides is 1. The van der Waals surface area contributed by atoms with E-state index in [-0.39, 0.29) is 11.7 Å². The van der Waals surface area contributed by atoms with E-state index in [1.165, 1.54) is 12.3 Å². The van der Waals surface area contributed by atoms with Gasteiger partial charge < -0.3 is 9.73 Å². The first-order valence-corrected chi connectivity index (χ1v) is 7.36. The van der Waals surface area contributed by atoms with Gasteiger partial charge in [-0.25, -0.2) is 8.42 Å². The Bertz CT molecular complexity index is 479.